The highest BCUT2D eigenvalue weighted by Gasteiger charge is 2.39. The number of aliphatic carboxylic acids is 1. The van der Waals surface area contributed by atoms with Crippen molar-refractivity contribution in [3.8, 4) is 0 Å². The summed E-state index contributed by atoms with van der Waals surface area (Å²) < 4.78 is 0. The Labute approximate surface area is 120 Å². The Morgan fingerprint density at radius 3 is 2.60 bits per heavy atom. The molecule has 1 saturated heterocycles. The largest absolute Gasteiger partial charge is 0.481 e. The van der Waals surface area contributed by atoms with Crippen LogP contribution in [0.2, 0.25) is 0 Å². The molecule has 0 spiro atoms. The van der Waals surface area contributed by atoms with Crippen LogP contribution in [-0.4, -0.2) is 51.8 Å². The average Bonchev–Trinajstić information content (AvgIpc) is 2.87. The van der Waals surface area contributed by atoms with Crippen molar-refractivity contribution < 1.29 is 14.7 Å². The minimum Gasteiger partial charge on any atom is -0.481 e. The van der Waals surface area contributed by atoms with Gasteiger partial charge in [0.15, 0.2) is 0 Å². The number of nitrogens with zero attached hydrogens (tertiary/aromatic N) is 2. The summed E-state index contributed by atoms with van der Waals surface area (Å²) in [5.74, 6) is -0.660. The highest BCUT2D eigenvalue weighted by molar-refractivity contribution is 8.14. The van der Waals surface area contributed by atoms with Crippen molar-refractivity contribution in [2.75, 3.05) is 18.8 Å². The summed E-state index contributed by atoms with van der Waals surface area (Å²) >= 11 is 1.58. The average molecular weight is 290 g/mol. The Morgan fingerprint density at radius 2 is 1.95 bits per heavy atom. The van der Waals surface area contributed by atoms with E-state index in [-0.39, 0.29) is 11.9 Å². The number of hydrogen-bond donors (Lipinski definition) is 1. The first-order valence-electron chi connectivity index (χ1n) is 6.43. The van der Waals surface area contributed by atoms with Crippen LogP contribution in [0.3, 0.4) is 0 Å². The number of likely N-dealkylation sites (tertiary alicyclic amines) is 1. The molecule has 1 amide bonds. The lowest BCUT2D eigenvalue weighted by Gasteiger charge is -2.37. The molecule has 1 atom stereocenters. The van der Waals surface area contributed by atoms with Gasteiger partial charge in [-0.3, -0.25) is 14.6 Å². The van der Waals surface area contributed by atoms with E-state index in [4.69, 9.17) is 5.11 Å². The molecule has 1 unspecified atom stereocenters. The number of benzene rings is 1. The molecular weight excluding hydrogens is 276 g/mol. The number of thioether (sulfide) groups is 1. The van der Waals surface area contributed by atoms with Gasteiger partial charge in [0, 0.05) is 24.4 Å². The molecule has 2 aliphatic rings. The number of carbonyl (C=O) groups excluding carboxylic acids is 1. The minimum absolute atomic E-state index is 0.0547. The first-order valence-corrected chi connectivity index (χ1v) is 7.41. The monoisotopic (exact) mass is 290 g/mol. The third-order valence-corrected chi connectivity index (χ3v) is 4.60. The van der Waals surface area contributed by atoms with E-state index >= 15 is 0 Å². The Kier molecular flexibility index (Phi) is 3.48. The predicted octanol–water partition coefficient (Wildman–Crippen LogP) is 1.09. The van der Waals surface area contributed by atoms with Crippen LogP contribution in [0.1, 0.15) is 5.56 Å². The summed E-state index contributed by atoms with van der Waals surface area (Å²) in [5, 5.41) is 9.71. The normalized spacial score (nSPS) is 22.3. The van der Waals surface area contributed by atoms with Crippen LogP contribution in [-0.2, 0) is 9.59 Å². The number of carboxylic acids is 1. The summed E-state index contributed by atoms with van der Waals surface area (Å²) in [7, 11) is 0. The lowest BCUT2D eigenvalue weighted by atomic mass is 9.99. The highest BCUT2D eigenvalue weighted by atomic mass is 32.2. The van der Waals surface area contributed by atoms with Gasteiger partial charge in [-0.15, -0.1) is 11.8 Å². The van der Waals surface area contributed by atoms with E-state index in [2.05, 4.69) is 4.99 Å². The van der Waals surface area contributed by atoms with Gasteiger partial charge in [-0.1, -0.05) is 30.3 Å². The van der Waals surface area contributed by atoms with E-state index in [0.717, 1.165) is 10.6 Å². The molecule has 1 aromatic carbocycles. The zero-order chi connectivity index (χ0) is 14.1. The standard InChI is InChI=1S/C14H14N2O3S/c17-13(16-6-10(7-16)14(18)19)11-8-20-12(15-11)9-4-2-1-3-5-9/h1-5,10-11H,6-8H2,(H,18,19). The number of carbonyl (C=O) groups is 2. The van der Waals surface area contributed by atoms with Gasteiger partial charge >= 0.3 is 5.97 Å². The SMILES string of the molecule is O=C(O)C1CN(C(=O)C2CSC(c3ccccc3)=N2)C1. The number of carboxylic acid groups (broad SMARTS) is 1. The molecule has 2 heterocycles. The van der Waals surface area contributed by atoms with Gasteiger partial charge in [0.1, 0.15) is 6.04 Å². The maximum Gasteiger partial charge on any atom is 0.310 e. The molecule has 0 radical (unpaired) electrons. The maximum atomic E-state index is 12.2. The number of hydrogen-bond acceptors (Lipinski definition) is 4. The third kappa shape index (κ3) is 2.43. The third-order valence-electron chi connectivity index (χ3n) is 3.50. The predicted molar refractivity (Wildman–Crippen MR) is 76.9 cm³/mol. The molecule has 0 aliphatic carbocycles. The van der Waals surface area contributed by atoms with Crippen LogP contribution >= 0.6 is 11.8 Å². The molecule has 1 fully saturated rings. The Balaban J connectivity index is 1.64. The highest BCUT2D eigenvalue weighted by Crippen LogP contribution is 2.26. The Hall–Kier alpha value is -1.82. The zero-order valence-corrected chi connectivity index (χ0v) is 11.5. The van der Waals surface area contributed by atoms with Crippen LogP contribution in [0.5, 0.6) is 0 Å². The first-order chi connectivity index (χ1) is 9.65. The van der Waals surface area contributed by atoms with Crippen molar-refractivity contribution in [3.63, 3.8) is 0 Å². The second-order valence-electron chi connectivity index (χ2n) is 4.91. The molecule has 6 heteroatoms. The van der Waals surface area contributed by atoms with Crippen LogP contribution in [0.15, 0.2) is 35.3 Å². The Morgan fingerprint density at radius 1 is 1.25 bits per heavy atom. The topological polar surface area (TPSA) is 70.0 Å². The van der Waals surface area contributed by atoms with Crippen LogP contribution in [0.4, 0.5) is 0 Å². The number of amides is 1. The molecule has 1 N–H and O–H groups in total. The molecule has 2 aliphatic heterocycles. The van der Waals surface area contributed by atoms with Crippen LogP contribution < -0.4 is 0 Å². The fourth-order valence-corrected chi connectivity index (χ4v) is 3.30. The number of aliphatic imine (C=N–C) groups is 1. The molecule has 104 valence electrons. The molecule has 0 saturated carbocycles. The summed E-state index contributed by atoms with van der Waals surface area (Å²) in [4.78, 5) is 29.0. The summed E-state index contributed by atoms with van der Waals surface area (Å²) in [6.45, 7) is 0.622. The molecule has 0 aromatic heterocycles. The van der Waals surface area contributed by atoms with Crippen molar-refractivity contribution in [2.45, 2.75) is 6.04 Å². The van der Waals surface area contributed by atoms with Crippen molar-refractivity contribution in [1.29, 1.82) is 0 Å². The van der Waals surface area contributed by atoms with Gasteiger partial charge < -0.3 is 10.0 Å². The van der Waals surface area contributed by atoms with Gasteiger partial charge in [-0.25, -0.2) is 0 Å². The van der Waals surface area contributed by atoms with Crippen LogP contribution in [0.25, 0.3) is 0 Å². The smallest absolute Gasteiger partial charge is 0.310 e. The van der Waals surface area contributed by atoms with E-state index in [1.807, 2.05) is 30.3 Å². The van der Waals surface area contributed by atoms with E-state index in [1.54, 1.807) is 16.7 Å². The van der Waals surface area contributed by atoms with E-state index in [0.29, 0.717) is 18.8 Å². The summed E-state index contributed by atoms with van der Waals surface area (Å²) in [5.41, 5.74) is 1.03. The second kappa shape index (κ2) is 5.28. The van der Waals surface area contributed by atoms with E-state index in [9.17, 15) is 9.59 Å². The molecule has 0 bridgehead atoms. The lowest BCUT2D eigenvalue weighted by Crippen LogP contribution is -2.55. The van der Waals surface area contributed by atoms with Gasteiger partial charge in [0.2, 0.25) is 5.91 Å². The molecular formula is C14H14N2O3S. The van der Waals surface area contributed by atoms with Crippen molar-refractivity contribution >= 4 is 28.7 Å². The van der Waals surface area contributed by atoms with Gasteiger partial charge in [-0.05, 0) is 0 Å². The lowest BCUT2D eigenvalue weighted by molar-refractivity contribution is -0.153. The molecule has 1 aromatic rings. The number of rotatable bonds is 3. The maximum absolute atomic E-state index is 12.2. The second-order valence-corrected chi connectivity index (χ2v) is 5.91. The van der Waals surface area contributed by atoms with Gasteiger partial charge in [0.25, 0.3) is 0 Å². The van der Waals surface area contributed by atoms with Crippen molar-refractivity contribution in [3.05, 3.63) is 35.9 Å². The fourth-order valence-electron chi connectivity index (χ4n) is 2.26. The first kappa shape index (κ1) is 13.2. The Bertz CT molecular complexity index is 567. The molecule has 3 rings (SSSR count). The molecule has 5 nitrogen and oxygen atoms in total. The van der Waals surface area contributed by atoms with Crippen LogP contribution in [0, 0.1) is 5.92 Å². The fraction of sp³-hybridized carbons (Fsp3) is 0.357. The van der Waals surface area contributed by atoms with Gasteiger partial charge in [-0.2, -0.15) is 0 Å². The van der Waals surface area contributed by atoms with Gasteiger partial charge in [0.05, 0.1) is 11.0 Å². The minimum atomic E-state index is -0.830. The quantitative estimate of drug-likeness (QED) is 0.904. The van der Waals surface area contributed by atoms with E-state index in [1.165, 1.54) is 0 Å². The summed E-state index contributed by atoms with van der Waals surface area (Å²) in [6.07, 6.45) is 0. The van der Waals surface area contributed by atoms with Crippen molar-refractivity contribution in [1.82, 2.24) is 4.90 Å². The van der Waals surface area contributed by atoms with E-state index < -0.39 is 11.9 Å². The molecule has 20 heavy (non-hydrogen) atoms. The summed E-state index contributed by atoms with van der Waals surface area (Å²) in [6, 6.07) is 9.41. The zero-order valence-electron chi connectivity index (χ0n) is 10.7. The van der Waals surface area contributed by atoms with Crippen molar-refractivity contribution in [2.24, 2.45) is 10.9 Å².